The number of nitrogens with one attached hydrogen (secondary N) is 2. The lowest BCUT2D eigenvalue weighted by Crippen LogP contribution is -2.41. The topological polar surface area (TPSA) is 82.3 Å². The van der Waals surface area contributed by atoms with Crippen LogP contribution in [0.4, 0.5) is 4.79 Å². The normalized spacial score (nSPS) is 19.6. The highest BCUT2D eigenvalue weighted by Gasteiger charge is 2.49. The molecule has 1 atom stereocenters. The Morgan fingerprint density at radius 2 is 1.78 bits per heavy atom. The molecule has 0 bridgehead atoms. The van der Waals surface area contributed by atoms with Gasteiger partial charge in [-0.1, -0.05) is 48.0 Å². The maximum atomic E-state index is 13.0. The number of aryl methyl sites for hydroxylation is 1. The number of nitrogens with zero attached hydrogens (tertiary/aromatic N) is 1. The van der Waals surface area contributed by atoms with Crippen LogP contribution in [0.5, 0.6) is 0 Å². The van der Waals surface area contributed by atoms with E-state index in [9.17, 15) is 14.4 Å². The van der Waals surface area contributed by atoms with E-state index in [0.717, 1.165) is 21.4 Å². The molecule has 1 aliphatic heterocycles. The molecule has 136 valence electrons. The van der Waals surface area contributed by atoms with E-state index in [1.54, 1.807) is 13.1 Å². The Balaban J connectivity index is 1.61. The first-order chi connectivity index (χ1) is 12.9. The Morgan fingerprint density at radius 3 is 2.52 bits per heavy atom. The standard InChI is InChI=1S/C21H19N3O3/c1-13-7-9-14(10-8-13)21(2)19(26)24(20(27)23-21)12-18(25)16-11-22-17-6-4-3-5-15(16)17/h3-11,22H,12H2,1-2H3,(H,23,27)/t21-/m0/s1. The predicted molar refractivity (Wildman–Crippen MR) is 101 cm³/mol. The predicted octanol–water partition coefficient (Wildman–Crippen LogP) is 3.13. The second-order valence-electron chi connectivity index (χ2n) is 6.98. The minimum Gasteiger partial charge on any atom is -0.360 e. The minimum absolute atomic E-state index is 0.288. The fourth-order valence-electron chi connectivity index (χ4n) is 3.45. The van der Waals surface area contributed by atoms with Crippen LogP contribution >= 0.6 is 0 Å². The van der Waals surface area contributed by atoms with E-state index in [4.69, 9.17) is 0 Å². The molecule has 2 heterocycles. The van der Waals surface area contributed by atoms with Gasteiger partial charge in [-0.2, -0.15) is 0 Å². The van der Waals surface area contributed by atoms with Gasteiger partial charge in [0.25, 0.3) is 5.91 Å². The molecule has 2 N–H and O–H groups in total. The number of ketones is 1. The molecule has 1 fully saturated rings. The van der Waals surface area contributed by atoms with Gasteiger partial charge in [-0.3, -0.25) is 14.5 Å². The second kappa shape index (κ2) is 6.09. The van der Waals surface area contributed by atoms with Gasteiger partial charge in [0, 0.05) is 22.7 Å². The number of imide groups is 1. The van der Waals surface area contributed by atoms with Crippen LogP contribution in [0.25, 0.3) is 10.9 Å². The van der Waals surface area contributed by atoms with Crippen molar-refractivity contribution < 1.29 is 14.4 Å². The van der Waals surface area contributed by atoms with Crippen LogP contribution in [0.1, 0.15) is 28.4 Å². The summed E-state index contributed by atoms with van der Waals surface area (Å²) in [6, 6.07) is 14.3. The lowest BCUT2D eigenvalue weighted by atomic mass is 9.91. The molecule has 2 aromatic carbocycles. The van der Waals surface area contributed by atoms with E-state index in [1.807, 2.05) is 55.5 Å². The van der Waals surface area contributed by atoms with E-state index >= 15 is 0 Å². The molecule has 3 amide bonds. The lowest BCUT2D eigenvalue weighted by molar-refractivity contribution is -0.130. The number of urea groups is 1. The van der Waals surface area contributed by atoms with E-state index in [1.165, 1.54) is 0 Å². The summed E-state index contributed by atoms with van der Waals surface area (Å²) in [6.45, 7) is 3.31. The van der Waals surface area contributed by atoms with Gasteiger partial charge in [0.2, 0.25) is 0 Å². The summed E-state index contributed by atoms with van der Waals surface area (Å²) < 4.78 is 0. The van der Waals surface area contributed by atoms with E-state index in [-0.39, 0.29) is 12.3 Å². The Bertz CT molecular complexity index is 1070. The molecule has 0 saturated carbocycles. The summed E-state index contributed by atoms with van der Waals surface area (Å²) in [5.41, 5.74) is 1.88. The largest absolute Gasteiger partial charge is 0.360 e. The summed E-state index contributed by atoms with van der Waals surface area (Å²) in [6.07, 6.45) is 1.62. The summed E-state index contributed by atoms with van der Waals surface area (Å²) in [5.74, 6) is -0.714. The highest BCUT2D eigenvalue weighted by Crippen LogP contribution is 2.29. The van der Waals surface area contributed by atoms with Gasteiger partial charge in [0.1, 0.15) is 5.54 Å². The number of fused-ring (bicyclic) bond motifs is 1. The van der Waals surface area contributed by atoms with Crippen LogP contribution in [-0.2, 0) is 10.3 Å². The molecule has 1 saturated heterocycles. The van der Waals surface area contributed by atoms with Crippen LogP contribution in [-0.4, -0.2) is 34.2 Å². The lowest BCUT2D eigenvalue weighted by Gasteiger charge is -2.22. The number of amides is 3. The average molecular weight is 361 g/mol. The van der Waals surface area contributed by atoms with E-state index < -0.39 is 17.5 Å². The zero-order valence-electron chi connectivity index (χ0n) is 15.1. The number of aromatic nitrogens is 1. The number of aromatic amines is 1. The molecule has 1 aliphatic rings. The molecule has 3 aromatic rings. The maximum Gasteiger partial charge on any atom is 0.325 e. The summed E-state index contributed by atoms with van der Waals surface area (Å²) in [7, 11) is 0. The Hall–Kier alpha value is -3.41. The van der Waals surface area contributed by atoms with Crippen molar-refractivity contribution in [2.75, 3.05) is 6.54 Å². The second-order valence-corrected chi connectivity index (χ2v) is 6.98. The van der Waals surface area contributed by atoms with Crippen molar-refractivity contribution >= 4 is 28.6 Å². The highest BCUT2D eigenvalue weighted by molar-refractivity contribution is 6.14. The molecule has 0 spiro atoms. The zero-order valence-corrected chi connectivity index (χ0v) is 15.1. The Kier molecular flexibility index (Phi) is 3.84. The molecule has 4 rings (SSSR count). The number of rotatable bonds is 4. The van der Waals surface area contributed by atoms with Crippen LogP contribution < -0.4 is 5.32 Å². The van der Waals surface area contributed by atoms with Crippen molar-refractivity contribution in [1.82, 2.24) is 15.2 Å². The first kappa shape index (κ1) is 17.0. The maximum absolute atomic E-state index is 13.0. The zero-order chi connectivity index (χ0) is 19.2. The molecular weight excluding hydrogens is 342 g/mol. The number of para-hydroxylation sites is 1. The fraction of sp³-hybridized carbons (Fsp3) is 0.190. The third kappa shape index (κ3) is 2.70. The minimum atomic E-state index is -1.18. The van der Waals surface area contributed by atoms with Gasteiger partial charge in [0.05, 0.1) is 6.54 Å². The van der Waals surface area contributed by atoms with Crippen LogP contribution in [0.15, 0.2) is 54.7 Å². The molecular formula is C21H19N3O3. The Morgan fingerprint density at radius 1 is 1.07 bits per heavy atom. The van der Waals surface area contributed by atoms with Crippen molar-refractivity contribution in [3.05, 3.63) is 71.4 Å². The number of carbonyl (C=O) groups is 3. The molecule has 0 aliphatic carbocycles. The number of H-pyrrole nitrogens is 1. The van der Waals surface area contributed by atoms with Gasteiger partial charge < -0.3 is 10.3 Å². The van der Waals surface area contributed by atoms with Gasteiger partial charge in [-0.05, 0) is 25.5 Å². The van der Waals surface area contributed by atoms with Crippen molar-refractivity contribution in [3.8, 4) is 0 Å². The summed E-state index contributed by atoms with van der Waals surface area (Å²) in [5, 5.41) is 3.51. The number of carbonyl (C=O) groups excluding carboxylic acids is 3. The van der Waals surface area contributed by atoms with Crippen molar-refractivity contribution in [2.45, 2.75) is 19.4 Å². The average Bonchev–Trinajstić information content (AvgIpc) is 3.18. The Labute approximate surface area is 156 Å². The van der Waals surface area contributed by atoms with Crippen molar-refractivity contribution in [3.63, 3.8) is 0 Å². The SMILES string of the molecule is Cc1ccc([C@]2(C)NC(=O)N(CC(=O)c3c[nH]c4ccccc34)C2=O)cc1. The molecule has 27 heavy (non-hydrogen) atoms. The van der Waals surface area contributed by atoms with E-state index in [0.29, 0.717) is 11.1 Å². The molecule has 6 nitrogen and oxygen atoms in total. The van der Waals surface area contributed by atoms with Crippen molar-refractivity contribution in [1.29, 1.82) is 0 Å². The van der Waals surface area contributed by atoms with Crippen LogP contribution in [0.3, 0.4) is 0 Å². The van der Waals surface area contributed by atoms with Crippen LogP contribution in [0.2, 0.25) is 0 Å². The van der Waals surface area contributed by atoms with Crippen LogP contribution in [0, 0.1) is 6.92 Å². The molecule has 0 unspecified atom stereocenters. The summed E-state index contributed by atoms with van der Waals surface area (Å²) >= 11 is 0. The number of hydrogen-bond acceptors (Lipinski definition) is 3. The number of benzene rings is 2. The summed E-state index contributed by atoms with van der Waals surface area (Å²) in [4.78, 5) is 42.2. The fourth-order valence-corrected chi connectivity index (χ4v) is 3.45. The van der Waals surface area contributed by atoms with E-state index in [2.05, 4.69) is 10.3 Å². The van der Waals surface area contributed by atoms with Crippen molar-refractivity contribution in [2.24, 2.45) is 0 Å². The highest BCUT2D eigenvalue weighted by atomic mass is 16.2. The first-order valence-corrected chi connectivity index (χ1v) is 8.71. The molecule has 1 aromatic heterocycles. The number of Topliss-reactive ketones (excluding diaryl/α,β-unsaturated/α-hetero) is 1. The molecule has 6 heteroatoms. The van der Waals surface area contributed by atoms with Gasteiger partial charge >= 0.3 is 6.03 Å². The third-order valence-electron chi connectivity index (χ3n) is 5.10. The quantitative estimate of drug-likeness (QED) is 0.553. The monoisotopic (exact) mass is 361 g/mol. The van der Waals surface area contributed by atoms with Gasteiger partial charge in [0.15, 0.2) is 5.78 Å². The number of hydrogen-bond donors (Lipinski definition) is 2. The third-order valence-corrected chi connectivity index (χ3v) is 5.10. The molecule has 0 radical (unpaired) electrons. The smallest absolute Gasteiger partial charge is 0.325 e. The first-order valence-electron chi connectivity index (χ1n) is 8.71. The van der Waals surface area contributed by atoms with Gasteiger partial charge in [-0.15, -0.1) is 0 Å². The van der Waals surface area contributed by atoms with Gasteiger partial charge in [-0.25, -0.2) is 4.79 Å².